The van der Waals surface area contributed by atoms with Crippen molar-refractivity contribution in [3.05, 3.63) is 114 Å². The second-order valence-electron chi connectivity index (χ2n) is 7.05. The average molecular weight is 414 g/mol. The van der Waals surface area contributed by atoms with Gasteiger partial charge in [0.25, 0.3) is 5.91 Å². The van der Waals surface area contributed by atoms with E-state index in [1.165, 1.54) is 6.26 Å². The van der Waals surface area contributed by atoms with E-state index < -0.39 is 0 Å². The third-order valence-corrected chi connectivity index (χ3v) is 4.81. The summed E-state index contributed by atoms with van der Waals surface area (Å²) in [6, 6.07) is 24.1. The van der Waals surface area contributed by atoms with Crippen LogP contribution in [0.1, 0.15) is 27.4 Å². The van der Waals surface area contributed by atoms with Gasteiger partial charge in [0.1, 0.15) is 5.76 Å². The molecule has 2 heterocycles. The lowest BCUT2D eigenvalue weighted by atomic mass is 10.1. The number of carbonyl (C=O) groups is 2. The molecular weight excluding hydrogens is 392 g/mol. The van der Waals surface area contributed by atoms with Gasteiger partial charge in [0.2, 0.25) is 5.91 Å². The first-order chi connectivity index (χ1) is 15.2. The molecule has 0 atom stereocenters. The molecule has 2 aromatic carbocycles. The smallest absolute Gasteiger partial charge is 0.294 e. The summed E-state index contributed by atoms with van der Waals surface area (Å²) < 4.78 is 10.5. The third kappa shape index (κ3) is 5.30. The minimum Gasteiger partial charge on any atom is -0.467 e. The highest BCUT2D eigenvalue weighted by molar-refractivity contribution is 6.04. The van der Waals surface area contributed by atoms with Crippen LogP contribution in [-0.2, 0) is 24.3 Å². The highest BCUT2D eigenvalue weighted by Crippen LogP contribution is 2.21. The highest BCUT2D eigenvalue weighted by Gasteiger charge is 2.20. The quantitative estimate of drug-likeness (QED) is 0.458. The molecule has 4 rings (SSSR count). The number of rotatable bonds is 8. The highest BCUT2D eigenvalue weighted by atomic mass is 16.3. The van der Waals surface area contributed by atoms with Crippen molar-refractivity contribution in [2.75, 3.05) is 4.90 Å². The zero-order valence-electron chi connectivity index (χ0n) is 16.9. The Bertz CT molecular complexity index is 1100. The van der Waals surface area contributed by atoms with Crippen LogP contribution < -0.4 is 10.2 Å². The molecule has 0 saturated heterocycles. The first kappa shape index (κ1) is 20.2. The Labute approximate surface area is 180 Å². The van der Waals surface area contributed by atoms with Gasteiger partial charge in [-0.05, 0) is 47.5 Å². The van der Waals surface area contributed by atoms with Crippen LogP contribution in [0.25, 0.3) is 0 Å². The fraction of sp³-hybridized carbons (Fsp3) is 0.120. The molecule has 31 heavy (non-hydrogen) atoms. The lowest BCUT2D eigenvalue weighted by molar-refractivity contribution is -0.120. The van der Waals surface area contributed by atoms with Crippen LogP contribution in [-0.4, -0.2) is 11.8 Å². The second kappa shape index (κ2) is 9.63. The van der Waals surface area contributed by atoms with E-state index in [-0.39, 0.29) is 24.0 Å². The van der Waals surface area contributed by atoms with Crippen molar-refractivity contribution in [2.24, 2.45) is 0 Å². The van der Waals surface area contributed by atoms with Crippen LogP contribution in [0.4, 0.5) is 5.69 Å². The molecule has 4 aromatic rings. The van der Waals surface area contributed by atoms with Crippen molar-refractivity contribution < 1.29 is 18.4 Å². The second-order valence-corrected chi connectivity index (χ2v) is 7.05. The lowest BCUT2D eigenvalue weighted by Gasteiger charge is -2.22. The zero-order chi connectivity index (χ0) is 21.5. The first-order valence-electron chi connectivity index (χ1n) is 9.96. The molecule has 0 fully saturated rings. The van der Waals surface area contributed by atoms with E-state index in [1.54, 1.807) is 29.4 Å². The van der Waals surface area contributed by atoms with Gasteiger partial charge in [-0.3, -0.25) is 9.59 Å². The van der Waals surface area contributed by atoms with Gasteiger partial charge >= 0.3 is 0 Å². The molecule has 0 saturated carbocycles. The molecule has 0 bridgehead atoms. The Morgan fingerprint density at radius 2 is 1.52 bits per heavy atom. The van der Waals surface area contributed by atoms with Crippen LogP contribution >= 0.6 is 0 Å². The van der Waals surface area contributed by atoms with Crippen LogP contribution in [0.5, 0.6) is 0 Å². The Morgan fingerprint density at radius 3 is 2.19 bits per heavy atom. The summed E-state index contributed by atoms with van der Waals surface area (Å²) in [5.74, 6) is 0.656. The van der Waals surface area contributed by atoms with E-state index in [9.17, 15) is 9.59 Å². The number of furan rings is 2. The minimum atomic E-state index is -0.224. The van der Waals surface area contributed by atoms with Gasteiger partial charge in [-0.25, -0.2) is 0 Å². The van der Waals surface area contributed by atoms with Crippen LogP contribution in [0, 0.1) is 0 Å². The maximum Gasteiger partial charge on any atom is 0.294 e. The fourth-order valence-electron chi connectivity index (χ4n) is 3.22. The maximum absolute atomic E-state index is 13.0. The third-order valence-electron chi connectivity index (χ3n) is 4.81. The molecule has 0 unspecified atom stereocenters. The molecule has 0 aliphatic rings. The van der Waals surface area contributed by atoms with Crippen LogP contribution in [0.3, 0.4) is 0 Å². The topological polar surface area (TPSA) is 75.7 Å². The molecule has 0 spiro atoms. The minimum absolute atomic E-state index is 0.100. The largest absolute Gasteiger partial charge is 0.467 e. The van der Waals surface area contributed by atoms with E-state index in [2.05, 4.69) is 5.32 Å². The van der Waals surface area contributed by atoms with E-state index >= 15 is 0 Å². The Kier molecular flexibility index (Phi) is 6.28. The van der Waals surface area contributed by atoms with Crippen molar-refractivity contribution in [2.45, 2.75) is 19.5 Å². The molecule has 156 valence electrons. The van der Waals surface area contributed by atoms with Crippen LogP contribution in [0.15, 0.2) is 100 Å². The van der Waals surface area contributed by atoms with E-state index in [4.69, 9.17) is 8.83 Å². The van der Waals surface area contributed by atoms with Gasteiger partial charge in [0.05, 0.1) is 32.0 Å². The molecule has 2 amide bonds. The van der Waals surface area contributed by atoms with Gasteiger partial charge in [-0.1, -0.05) is 42.5 Å². The molecular formula is C25H22N2O4. The van der Waals surface area contributed by atoms with Crippen LogP contribution in [0.2, 0.25) is 0 Å². The molecule has 6 heteroatoms. The predicted molar refractivity (Wildman–Crippen MR) is 116 cm³/mol. The fourth-order valence-corrected chi connectivity index (χ4v) is 3.22. The molecule has 0 aliphatic heterocycles. The number of hydrogen-bond donors (Lipinski definition) is 1. The molecule has 0 aliphatic carbocycles. The van der Waals surface area contributed by atoms with E-state index in [0.29, 0.717) is 18.8 Å². The molecule has 0 radical (unpaired) electrons. The zero-order valence-corrected chi connectivity index (χ0v) is 16.9. The number of carbonyl (C=O) groups excluding carboxylic acids is 2. The summed E-state index contributed by atoms with van der Waals surface area (Å²) in [7, 11) is 0. The molecule has 2 aromatic heterocycles. The van der Waals surface area contributed by atoms with Gasteiger partial charge in [-0.15, -0.1) is 0 Å². The number of nitrogens with zero attached hydrogens (tertiary/aromatic N) is 1. The number of hydrogen-bond acceptors (Lipinski definition) is 4. The van der Waals surface area contributed by atoms with Crippen molar-refractivity contribution in [3.8, 4) is 0 Å². The normalized spacial score (nSPS) is 10.6. The standard InChI is InChI=1S/C25H22N2O4/c28-24(26-17-22-8-4-14-30-22)16-19-10-12-21(13-11-19)27(18-20-6-2-1-3-7-20)25(29)23-9-5-15-31-23/h1-15H,16-18H2,(H,26,28). The Morgan fingerprint density at radius 1 is 0.774 bits per heavy atom. The van der Waals surface area contributed by atoms with E-state index in [0.717, 1.165) is 16.8 Å². The van der Waals surface area contributed by atoms with Crippen molar-refractivity contribution in [1.29, 1.82) is 0 Å². The summed E-state index contributed by atoms with van der Waals surface area (Å²) >= 11 is 0. The van der Waals surface area contributed by atoms with Gasteiger partial charge < -0.3 is 19.1 Å². The number of nitrogens with one attached hydrogen (secondary N) is 1. The number of benzene rings is 2. The predicted octanol–water partition coefficient (Wildman–Crippen LogP) is 4.58. The summed E-state index contributed by atoms with van der Waals surface area (Å²) in [5.41, 5.74) is 2.58. The monoisotopic (exact) mass is 414 g/mol. The number of amides is 2. The van der Waals surface area contributed by atoms with Crippen molar-refractivity contribution in [1.82, 2.24) is 5.32 Å². The SMILES string of the molecule is O=C(Cc1ccc(N(Cc2ccccc2)C(=O)c2ccco2)cc1)NCc1ccco1. The summed E-state index contributed by atoms with van der Waals surface area (Å²) in [6.07, 6.45) is 3.30. The molecule has 6 nitrogen and oxygen atoms in total. The lowest BCUT2D eigenvalue weighted by Crippen LogP contribution is -2.30. The van der Waals surface area contributed by atoms with Gasteiger partial charge in [-0.2, -0.15) is 0 Å². The molecule has 1 N–H and O–H groups in total. The van der Waals surface area contributed by atoms with Crippen molar-refractivity contribution >= 4 is 17.5 Å². The van der Waals surface area contributed by atoms with Gasteiger partial charge in [0, 0.05) is 5.69 Å². The van der Waals surface area contributed by atoms with Gasteiger partial charge in [0.15, 0.2) is 5.76 Å². The summed E-state index contributed by atoms with van der Waals surface area (Å²) in [5, 5.41) is 2.83. The Hall–Kier alpha value is -4.06. The first-order valence-corrected chi connectivity index (χ1v) is 9.96. The summed E-state index contributed by atoms with van der Waals surface area (Å²) in [6.45, 7) is 0.760. The van der Waals surface area contributed by atoms with Crippen molar-refractivity contribution in [3.63, 3.8) is 0 Å². The average Bonchev–Trinajstić information content (AvgIpc) is 3.51. The number of anilines is 1. The van der Waals surface area contributed by atoms with E-state index in [1.807, 2.05) is 60.7 Å². The Balaban J connectivity index is 1.46. The maximum atomic E-state index is 13.0. The summed E-state index contributed by atoms with van der Waals surface area (Å²) in [4.78, 5) is 26.9.